The molecule has 2 heterocycles. The maximum Gasteiger partial charge on any atom is 0.257 e. The third kappa shape index (κ3) is 2.97. The summed E-state index contributed by atoms with van der Waals surface area (Å²) in [5, 5.41) is 11.5. The minimum absolute atomic E-state index is 0.362. The Morgan fingerprint density at radius 2 is 1.85 bits per heavy atom. The molecule has 2 rings (SSSR count). The number of anilines is 1. The number of aromatic nitrogens is 4. The van der Waals surface area contributed by atoms with Crippen LogP contribution in [0, 0.1) is 13.8 Å². The van der Waals surface area contributed by atoms with Gasteiger partial charge in [-0.3, -0.25) is 9.36 Å². The van der Waals surface area contributed by atoms with Crippen molar-refractivity contribution in [1.82, 2.24) is 19.6 Å². The van der Waals surface area contributed by atoms with Crippen LogP contribution in [0.4, 0.5) is 14.5 Å². The second-order valence-corrected chi connectivity index (χ2v) is 4.64. The first-order valence-electron chi connectivity index (χ1n) is 6.58. The van der Waals surface area contributed by atoms with E-state index in [4.69, 9.17) is 0 Å². The molecule has 0 aliphatic heterocycles. The van der Waals surface area contributed by atoms with Gasteiger partial charge in [0, 0.05) is 24.3 Å². The van der Waals surface area contributed by atoms with Crippen LogP contribution in [0.5, 0.6) is 0 Å². The minimum atomic E-state index is -2.39. The van der Waals surface area contributed by atoms with Crippen molar-refractivity contribution in [2.24, 2.45) is 0 Å². The fourth-order valence-electron chi connectivity index (χ4n) is 2.10. The second-order valence-electron chi connectivity index (χ2n) is 4.64. The topological polar surface area (TPSA) is 47.7 Å². The third-order valence-corrected chi connectivity index (χ3v) is 3.39. The quantitative estimate of drug-likeness (QED) is 0.886. The smallest absolute Gasteiger partial charge is 0.257 e. The number of alkyl halides is 2. The lowest BCUT2D eigenvalue weighted by molar-refractivity contribution is 0.121. The lowest BCUT2D eigenvalue weighted by Crippen LogP contribution is -2.10. The van der Waals surface area contributed by atoms with Crippen molar-refractivity contribution in [2.75, 3.05) is 5.32 Å². The molecule has 0 spiro atoms. The van der Waals surface area contributed by atoms with Gasteiger partial charge in [0.05, 0.1) is 23.8 Å². The molecule has 7 heteroatoms. The Morgan fingerprint density at radius 1 is 1.15 bits per heavy atom. The van der Waals surface area contributed by atoms with Gasteiger partial charge in [0.25, 0.3) is 6.43 Å². The number of halogens is 2. The number of hydrogen-bond acceptors (Lipinski definition) is 3. The van der Waals surface area contributed by atoms with Gasteiger partial charge < -0.3 is 5.32 Å². The fraction of sp³-hybridized carbons (Fsp3) is 0.538. The van der Waals surface area contributed by atoms with E-state index in [1.54, 1.807) is 19.3 Å². The number of nitrogens with one attached hydrogen (secondary N) is 1. The molecule has 0 fully saturated rings. The monoisotopic (exact) mass is 283 g/mol. The molecule has 0 aliphatic carbocycles. The van der Waals surface area contributed by atoms with Crippen molar-refractivity contribution < 1.29 is 8.78 Å². The number of aryl methyl sites for hydroxylation is 1. The zero-order chi connectivity index (χ0) is 14.7. The van der Waals surface area contributed by atoms with Gasteiger partial charge >= 0.3 is 0 Å². The summed E-state index contributed by atoms with van der Waals surface area (Å²) < 4.78 is 28.0. The van der Waals surface area contributed by atoms with Gasteiger partial charge in [0.1, 0.15) is 6.54 Å². The van der Waals surface area contributed by atoms with Crippen LogP contribution in [-0.2, 0) is 19.6 Å². The molecule has 5 nitrogen and oxygen atoms in total. The largest absolute Gasteiger partial charge is 0.378 e. The summed E-state index contributed by atoms with van der Waals surface area (Å²) in [6.07, 6.45) is 1.02. The van der Waals surface area contributed by atoms with E-state index in [9.17, 15) is 8.78 Å². The van der Waals surface area contributed by atoms with Gasteiger partial charge in [0.15, 0.2) is 0 Å². The van der Waals surface area contributed by atoms with E-state index in [2.05, 4.69) is 15.5 Å². The molecule has 0 unspecified atom stereocenters. The van der Waals surface area contributed by atoms with E-state index < -0.39 is 6.43 Å². The van der Waals surface area contributed by atoms with Crippen LogP contribution in [0.15, 0.2) is 12.4 Å². The van der Waals surface area contributed by atoms with Gasteiger partial charge in [-0.1, -0.05) is 0 Å². The molecule has 0 atom stereocenters. The summed E-state index contributed by atoms with van der Waals surface area (Å²) in [6.45, 7) is 6.83. The Kier molecular flexibility index (Phi) is 4.36. The molecule has 0 radical (unpaired) electrons. The Bertz CT molecular complexity index is 573. The van der Waals surface area contributed by atoms with Crippen molar-refractivity contribution in [2.45, 2.75) is 46.8 Å². The van der Waals surface area contributed by atoms with Gasteiger partial charge in [-0.25, -0.2) is 8.78 Å². The van der Waals surface area contributed by atoms with Crippen LogP contribution in [0.25, 0.3) is 0 Å². The van der Waals surface area contributed by atoms with Crippen molar-refractivity contribution in [3.05, 3.63) is 29.3 Å². The summed E-state index contributed by atoms with van der Waals surface area (Å²) >= 11 is 0. The summed E-state index contributed by atoms with van der Waals surface area (Å²) in [5.41, 5.74) is 3.69. The standard InChI is InChI=1S/C13H19F2N5/c1-4-19-10(3)12(7-18-19)16-5-11-6-17-20(9(11)2)8-13(14)15/h6-7,13,16H,4-5,8H2,1-3H3. The van der Waals surface area contributed by atoms with Crippen molar-refractivity contribution in [1.29, 1.82) is 0 Å². The van der Waals surface area contributed by atoms with Gasteiger partial charge in [-0.2, -0.15) is 10.2 Å². The fourth-order valence-corrected chi connectivity index (χ4v) is 2.10. The SMILES string of the molecule is CCn1ncc(NCc2cnn(CC(F)F)c2C)c1C. The zero-order valence-corrected chi connectivity index (χ0v) is 11.9. The first-order valence-corrected chi connectivity index (χ1v) is 6.58. The molecule has 0 saturated heterocycles. The van der Waals surface area contributed by atoms with Crippen LogP contribution in [-0.4, -0.2) is 26.0 Å². The van der Waals surface area contributed by atoms with Crippen molar-refractivity contribution >= 4 is 5.69 Å². The predicted octanol–water partition coefficient (Wildman–Crippen LogP) is 2.59. The molecule has 0 saturated carbocycles. The highest BCUT2D eigenvalue weighted by molar-refractivity contribution is 5.46. The van der Waals surface area contributed by atoms with Gasteiger partial charge in [-0.15, -0.1) is 0 Å². The van der Waals surface area contributed by atoms with E-state index >= 15 is 0 Å². The highest BCUT2D eigenvalue weighted by Crippen LogP contribution is 2.16. The molecular weight excluding hydrogens is 264 g/mol. The maximum absolute atomic E-state index is 12.4. The Morgan fingerprint density at radius 3 is 2.45 bits per heavy atom. The number of rotatable bonds is 6. The molecule has 0 aromatic carbocycles. The molecule has 2 aromatic rings. The van der Waals surface area contributed by atoms with Crippen LogP contribution in [0.3, 0.4) is 0 Å². The molecule has 0 bridgehead atoms. The first kappa shape index (κ1) is 14.5. The van der Waals surface area contributed by atoms with Crippen LogP contribution < -0.4 is 5.32 Å². The molecule has 110 valence electrons. The van der Waals surface area contributed by atoms with Crippen molar-refractivity contribution in [3.8, 4) is 0 Å². The van der Waals surface area contributed by atoms with E-state index in [0.717, 1.165) is 29.2 Å². The van der Waals surface area contributed by atoms with Gasteiger partial charge in [-0.05, 0) is 20.8 Å². The third-order valence-electron chi connectivity index (χ3n) is 3.39. The summed E-state index contributed by atoms with van der Waals surface area (Å²) in [4.78, 5) is 0. The second kappa shape index (κ2) is 6.02. The average molecular weight is 283 g/mol. The van der Waals surface area contributed by atoms with Gasteiger partial charge in [0.2, 0.25) is 0 Å². The van der Waals surface area contributed by atoms with Crippen LogP contribution in [0.1, 0.15) is 23.9 Å². The Balaban J connectivity index is 2.04. The lowest BCUT2D eigenvalue weighted by Gasteiger charge is -2.07. The highest BCUT2D eigenvalue weighted by Gasteiger charge is 2.11. The predicted molar refractivity (Wildman–Crippen MR) is 72.9 cm³/mol. The molecule has 20 heavy (non-hydrogen) atoms. The minimum Gasteiger partial charge on any atom is -0.378 e. The zero-order valence-electron chi connectivity index (χ0n) is 11.9. The summed E-state index contributed by atoms with van der Waals surface area (Å²) in [6, 6.07) is 0. The van der Waals surface area contributed by atoms with E-state index in [0.29, 0.717) is 6.54 Å². The maximum atomic E-state index is 12.4. The highest BCUT2D eigenvalue weighted by atomic mass is 19.3. The van der Waals surface area contributed by atoms with Crippen LogP contribution >= 0.6 is 0 Å². The molecule has 0 aliphatic rings. The normalized spacial score (nSPS) is 11.3. The summed E-state index contributed by atoms with van der Waals surface area (Å²) in [5.74, 6) is 0. The van der Waals surface area contributed by atoms with Crippen molar-refractivity contribution in [3.63, 3.8) is 0 Å². The number of nitrogens with zero attached hydrogens (tertiary/aromatic N) is 4. The van der Waals surface area contributed by atoms with E-state index in [1.165, 1.54) is 4.68 Å². The van der Waals surface area contributed by atoms with E-state index in [-0.39, 0.29) is 6.54 Å². The molecular formula is C13H19F2N5. The Hall–Kier alpha value is -1.92. The number of hydrogen-bond donors (Lipinski definition) is 1. The molecule has 2 aromatic heterocycles. The van der Waals surface area contributed by atoms with E-state index in [1.807, 2.05) is 18.5 Å². The average Bonchev–Trinajstić information content (AvgIpc) is 2.92. The summed E-state index contributed by atoms with van der Waals surface area (Å²) in [7, 11) is 0. The molecule has 0 amide bonds. The lowest BCUT2D eigenvalue weighted by atomic mass is 10.2. The Labute approximate surface area is 116 Å². The molecule has 1 N–H and O–H groups in total. The van der Waals surface area contributed by atoms with Crippen LogP contribution in [0.2, 0.25) is 0 Å². The first-order chi connectivity index (χ1) is 9.52.